The van der Waals surface area contributed by atoms with E-state index in [1.807, 2.05) is 24.3 Å². The molecule has 0 spiro atoms. The van der Waals surface area contributed by atoms with Gasteiger partial charge < -0.3 is 4.42 Å². The van der Waals surface area contributed by atoms with E-state index < -0.39 is 0 Å². The third kappa shape index (κ3) is 2.54. The fourth-order valence-corrected chi connectivity index (χ4v) is 1.59. The molecule has 1 aromatic carbocycles. The van der Waals surface area contributed by atoms with E-state index in [9.17, 15) is 0 Å². The van der Waals surface area contributed by atoms with Crippen LogP contribution in [0.3, 0.4) is 0 Å². The number of alkyl halides is 1. The van der Waals surface area contributed by atoms with Gasteiger partial charge in [-0.3, -0.25) is 0 Å². The monoisotopic (exact) mass is 256 g/mol. The second-order valence-electron chi connectivity index (χ2n) is 3.42. The summed E-state index contributed by atoms with van der Waals surface area (Å²) in [6, 6.07) is 7.56. The number of hydrogen-bond acceptors (Lipinski definition) is 3. The van der Waals surface area contributed by atoms with Gasteiger partial charge in [0, 0.05) is 5.02 Å². The molecule has 1 heterocycles. The van der Waals surface area contributed by atoms with Crippen molar-refractivity contribution < 1.29 is 4.42 Å². The molecule has 84 valence electrons. The Labute approximate surface area is 103 Å². The molecular formula is C11H10Cl2N2O. The predicted octanol–water partition coefficient (Wildman–Crippen LogP) is 3.61. The molecule has 0 amide bonds. The largest absolute Gasteiger partial charge is 0.423 e. The van der Waals surface area contributed by atoms with Crippen LogP contribution in [0.5, 0.6) is 0 Å². The van der Waals surface area contributed by atoms with Gasteiger partial charge in [0.15, 0.2) is 0 Å². The van der Waals surface area contributed by atoms with Crippen molar-refractivity contribution in [1.29, 1.82) is 0 Å². The van der Waals surface area contributed by atoms with E-state index in [0.29, 0.717) is 23.2 Å². The van der Waals surface area contributed by atoms with Gasteiger partial charge >= 0.3 is 0 Å². The minimum atomic E-state index is -0.271. The van der Waals surface area contributed by atoms with Crippen molar-refractivity contribution in [3.05, 3.63) is 46.6 Å². The van der Waals surface area contributed by atoms with E-state index in [-0.39, 0.29) is 5.38 Å². The maximum Gasteiger partial charge on any atom is 0.234 e. The van der Waals surface area contributed by atoms with E-state index in [0.717, 1.165) is 5.56 Å². The third-order valence-electron chi connectivity index (χ3n) is 2.12. The van der Waals surface area contributed by atoms with Crippen molar-refractivity contribution >= 4 is 23.2 Å². The zero-order valence-electron chi connectivity index (χ0n) is 8.65. The lowest BCUT2D eigenvalue weighted by atomic mass is 10.1. The van der Waals surface area contributed by atoms with E-state index >= 15 is 0 Å². The van der Waals surface area contributed by atoms with Crippen LogP contribution in [0, 0.1) is 0 Å². The summed E-state index contributed by atoms with van der Waals surface area (Å²) in [7, 11) is 0. The van der Waals surface area contributed by atoms with Gasteiger partial charge in [0.25, 0.3) is 0 Å². The molecule has 0 aliphatic rings. The fourth-order valence-electron chi connectivity index (χ4n) is 1.30. The molecule has 5 heteroatoms. The number of hydrogen-bond donors (Lipinski definition) is 0. The summed E-state index contributed by atoms with van der Waals surface area (Å²) < 4.78 is 5.39. The average Bonchev–Trinajstić information content (AvgIpc) is 2.70. The lowest BCUT2D eigenvalue weighted by molar-refractivity contribution is 0.458. The van der Waals surface area contributed by atoms with Crippen LogP contribution < -0.4 is 0 Å². The van der Waals surface area contributed by atoms with E-state index in [4.69, 9.17) is 27.6 Å². The first kappa shape index (κ1) is 11.4. The summed E-state index contributed by atoms with van der Waals surface area (Å²) in [4.78, 5) is 0. The van der Waals surface area contributed by atoms with Crippen LogP contribution in [0.2, 0.25) is 5.02 Å². The van der Waals surface area contributed by atoms with Crippen LogP contribution in [0.25, 0.3) is 0 Å². The summed E-state index contributed by atoms with van der Waals surface area (Å²) in [5.41, 5.74) is 0.960. The number of benzene rings is 1. The molecule has 1 unspecified atom stereocenters. The molecule has 0 N–H and O–H groups in total. The molecule has 0 radical (unpaired) electrons. The normalized spacial score (nSPS) is 12.7. The smallest absolute Gasteiger partial charge is 0.234 e. The van der Waals surface area contributed by atoms with Gasteiger partial charge in [-0.25, -0.2) is 0 Å². The minimum absolute atomic E-state index is 0.271. The minimum Gasteiger partial charge on any atom is -0.423 e. The molecule has 0 fully saturated rings. The summed E-state index contributed by atoms with van der Waals surface area (Å²) in [6.45, 7) is 1.79. The maximum atomic E-state index is 6.03. The maximum absolute atomic E-state index is 6.03. The summed E-state index contributed by atoms with van der Waals surface area (Å²) in [6.07, 6.45) is 0.524. The number of aromatic nitrogens is 2. The van der Waals surface area contributed by atoms with Crippen LogP contribution in [-0.4, -0.2) is 10.2 Å². The molecule has 2 aromatic rings. The zero-order chi connectivity index (χ0) is 11.5. The quantitative estimate of drug-likeness (QED) is 0.788. The van der Waals surface area contributed by atoms with E-state index in [1.165, 1.54) is 0 Å². The van der Waals surface area contributed by atoms with Crippen LogP contribution in [0.15, 0.2) is 28.7 Å². The Balaban J connectivity index is 2.18. The molecule has 2 rings (SSSR count). The average molecular weight is 257 g/mol. The highest BCUT2D eigenvalue weighted by atomic mass is 35.5. The Morgan fingerprint density at radius 3 is 2.69 bits per heavy atom. The Bertz CT molecular complexity index is 482. The van der Waals surface area contributed by atoms with Gasteiger partial charge in [0.2, 0.25) is 11.8 Å². The van der Waals surface area contributed by atoms with Gasteiger partial charge in [-0.2, -0.15) is 0 Å². The Kier molecular flexibility index (Phi) is 3.46. The van der Waals surface area contributed by atoms with Crippen molar-refractivity contribution in [1.82, 2.24) is 10.2 Å². The van der Waals surface area contributed by atoms with Crippen molar-refractivity contribution in [2.24, 2.45) is 0 Å². The molecule has 16 heavy (non-hydrogen) atoms. The first-order valence-corrected chi connectivity index (χ1v) is 5.68. The summed E-state index contributed by atoms with van der Waals surface area (Å²) >= 11 is 11.9. The summed E-state index contributed by atoms with van der Waals surface area (Å²) in [5, 5.41) is 8.19. The first-order valence-electron chi connectivity index (χ1n) is 4.86. The van der Waals surface area contributed by atoms with Gasteiger partial charge in [-0.05, 0) is 18.6 Å². The molecule has 1 aromatic heterocycles. The summed E-state index contributed by atoms with van der Waals surface area (Å²) in [5.74, 6) is 0.958. The topological polar surface area (TPSA) is 38.9 Å². The van der Waals surface area contributed by atoms with Crippen LogP contribution in [-0.2, 0) is 6.42 Å². The standard InChI is InChI=1S/C11H10Cl2N2O/c1-7(12)11-15-14-10(16-11)6-8-4-2-3-5-9(8)13/h2-5,7H,6H2,1H3. The Morgan fingerprint density at radius 2 is 2.06 bits per heavy atom. The number of nitrogens with zero attached hydrogens (tertiary/aromatic N) is 2. The second kappa shape index (κ2) is 4.85. The Hall–Kier alpha value is -1.06. The Morgan fingerprint density at radius 1 is 1.31 bits per heavy atom. The van der Waals surface area contributed by atoms with Crippen LogP contribution in [0.4, 0.5) is 0 Å². The first-order chi connectivity index (χ1) is 7.66. The molecule has 0 aliphatic carbocycles. The van der Waals surface area contributed by atoms with Gasteiger partial charge in [-0.1, -0.05) is 29.8 Å². The molecule has 0 saturated carbocycles. The molecule has 1 atom stereocenters. The molecular weight excluding hydrogens is 247 g/mol. The van der Waals surface area contributed by atoms with Gasteiger partial charge in [0.05, 0.1) is 6.42 Å². The van der Waals surface area contributed by atoms with E-state index in [2.05, 4.69) is 10.2 Å². The molecule has 0 saturated heterocycles. The lowest BCUT2D eigenvalue weighted by Crippen LogP contribution is -1.89. The van der Waals surface area contributed by atoms with Gasteiger partial charge in [-0.15, -0.1) is 21.8 Å². The second-order valence-corrected chi connectivity index (χ2v) is 4.48. The van der Waals surface area contributed by atoms with Crippen molar-refractivity contribution in [3.8, 4) is 0 Å². The highest BCUT2D eigenvalue weighted by Crippen LogP contribution is 2.21. The van der Waals surface area contributed by atoms with Gasteiger partial charge in [0.1, 0.15) is 5.38 Å². The highest BCUT2D eigenvalue weighted by Gasteiger charge is 2.12. The van der Waals surface area contributed by atoms with Crippen molar-refractivity contribution in [2.45, 2.75) is 18.7 Å². The molecule has 0 aliphatic heterocycles. The van der Waals surface area contributed by atoms with Crippen LogP contribution in [0.1, 0.15) is 29.6 Å². The van der Waals surface area contributed by atoms with Crippen molar-refractivity contribution in [3.63, 3.8) is 0 Å². The third-order valence-corrected chi connectivity index (χ3v) is 2.68. The number of halogens is 2. The fraction of sp³-hybridized carbons (Fsp3) is 0.273. The number of rotatable bonds is 3. The van der Waals surface area contributed by atoms with Crippen molar-refractivity contribution in [2.75, 3.05) is 0 Å². The zero-order valence-corrected chi connectivity index (χ0v) is 10.2. The van der Waals surface area contributed by atoms with Crippen LogP contribution >= 0.6 is 23.2 Å². The molecule has 3 nitrogen and oxygen atoms in total. The SMILES string of the molecule is CC(Cl)c1nnc(Cc2ccccc2Cl)o1. The van der Waals surface area contributed by atoms with E-state index in [1.54, 1.807) is 6.92 Å². The highest BCUT2D eigenvalue weighted by molar-refractivity contribution is 6.31. The molecule has 0 bridgehead atoms. The predicted molar refractivity (Wildman–Crippen MR) is 62.8 cm³/mol. The lowest BCUT2D eigenvalue weighted by Gasteiger charge is -1.99.